The lowest BCUT2D eigenvalue weighted by molar-refractivity contribution is 0.149. The highest BCUT2D eigenvalue weighted by Crippen LogP contribution is 2.38. The molecule has 0 aliphatic carbocycles. The Hall–Kier alpha value is -0.250. The van der Waals surface area contributed by atoms with Gasteiger partial charge in [0.15, 0.2) is 0 Å². The molecule has 1 heterocycles. The quantitative estimate of drug-likeness (QED) is 0.739. The normalized spacial score (nSPS) is 26.2. The highest BCUT2D eigenvalue weighted by molar-refractivity contribution is 9.09. The van der Waals surface area contributed by atoms with Gasteiger partial charge in [-0.1, -0.05) is 27.5 Å². The van der Waals surface area contributed by atoms with Gasteiger partial charge >= 0.3 is 0 Å². The molecule has 0 amide bonds. The van der Waals surface area contributed by atoms with Crippen LogP contribution in [0.5, 0.6) is 5.75 Å². The SMILES string of the molecule is OC1CCOc2ccc(Cl)cc2C1Br. The fourth-order valence-corrected chi connectivity index (χ4v) is 2.31. The van der Waals surface area contributed by atoms with E-state index >= 15 is 0 Å². The smallest absolute Gasteiger partial charge is 0.123 e. The summed E-state index contributed by atoms with van der Waals surface area (Å²) in [5, 5.41) is 10.4. The highest BCUT2D eigenvalue weighted by atomic mass is 79.9. The van der Waals surface area contributed by atoms with Crippen LogP contribution in [0.2, 0.25) is 5.02 Å². The largest absolute Gasteiger partial charge is 0.493 e. The van der Waals surface area contributed by atoms with Crippen molar-refractivity contribution in [3.8, 4) is 5.75 Å². The molecular weight excluding hydrogens is 267 g/mol. The Bertz CT molecular complexity index is 343. The van der Waals surface area contributed by atoms with Gasteiger partial charge in [0.05, 0.1) is 17.5 Å². The number of aliphatic hydroxyl groups is 1. The van der Waals surface area contributed by atoms with Crippen LogP contribution in [0.4, 0.5) is 0 Å². The molecular formula is C10H10BrClO2. The molecule has 2 unspecified atom stereocenters. The first-order chi connectivity index (χ1) is 6.68. The summed E-state index contributed by atoms with van der Waals surface area (Å²) in [5.74, 6) is 0.799. The Labute approximate surface area is 96.0 Å². The third-order valence-corrected chi connectivity index (χ3v) is 3.62. The van der Waals surface area contributed by atoms with Crippen LogP contribution in [0.1, 0.15) is 16.8 Å². The summed E-state index contributed by atoms with van der Waals surface area (Å²) in [6, 6.07) is 5.45. The zero-order chi connectivity index (χ0) is 10.1. The van der Waals surface area contributed by atoms with Gasteiger partial charge in [0.25, 0.3) is 0 Å². The number of halogens is 2. The van der Waals surface area contributed by atoms with E-state index in [4.69, 9.17) is 16.3 Å². The van der Waals surface area contributed by atoms with E-state index in [-0.39, 0.29) is 4.83 Å². The first-order valence-electron chi connectivity index (χ1n) is 4.43. The minimum absolute atomic E-state index is 0.0984. The minimum atomic E-state index is -0.422. The van der Waals surface area contributed by atoms with Crippen LogP contribution in [-0.2, 0) is 0 Å². The summed E-state index contributed by atoms with van der Waals surface area (Å²) < 4.78 is 5.50. The molecule has 1 aromatic rings. The van der Waals surface area contributed by atoms with Crippen molar-refractivity contribution in [1.29, 1.82) is 0 Å². The standard InChI is InChI=1S/C10H10BrClO2/c11-10-7-5-6(12)1-2-9(7)14-4-3-8(10)13/h1-2,5,8,10,13H,3-4H2. The lowest BCUT2D eigenvalue weighted by Crippen LogP contribution is -2.13. The van der Waals surface area contributed by atoms with Crippen molar-refractivity contribution in [2.24, 2.45) is 0 Å². The minimum Gasteiger partial charge on any atom is -0.493 e. The second kappa shape index (κ2) is 4.09. The average molecular weight is 278 g/mol. The number of hydrogen-bond donors (Lipinski definition) is 1. The average Bonchev–Trinajstić information content (AvgIpc) is 2.30. The first kappa shape index (κ1) is 10.3. The third kappa shape index (κ3) is 1.90. The molecule has 0 fully saturated rings. The van der Waals surface area contributed by atoms with Crippen LogP contribution in [0.25, 0.3) is 0 Å². The van der Waals surface area contributed by atoms with E-state index in [1.807, 2.05) is 12.1 Å². The topological polar surface area (TPSA) is 29.5 Å². The molecule has 2 atom stereocenters. The van der Waals surface area contributed by atoms with Crippen molar-refractivity contribution in [2.45, 2.75) is 17.4 Å². The van der Waals surface area contributed by atoms with Crippen LogP contribution in [0.3, 0.4) is 0 Å². The van der Waals surface area contributed by atoms with Gasteiger partial charge in [-0.3, -0.25) is 0 Å². The molecule has 0 spiro atoms. The summed E-state index contributed by atoms with van der Waals surface area (Å²) in [4.78, 5) is -0.0984. The molecule has 0 aromatic heterocycles. The van der Waals surface area contributed by atoms with Gasteiger partial charge in [-0.2, -0.15) is 0 Å². The number of hydrogen-bond acceptors (Lipinski definition) is 2. The molecule has 14 heavy (non-hydrogen) atoms. The predicted molar refractivity (Wildman–Crippen MR) is 59.2 cm³/mol. The maximum Gasteiger partial charge on any atom is 0.123 e. The second-order valence-corrected chi connectivity index (χ2v) is 4.71. The van der Waals surface area contributed by atoms with Crippen LogP contribution in [0, 0.1) is 0 Å². The molecule has 0 saturated heterocycles. The zero-order valence-electron chi connectivity index (χ0n) is 7.41. The van der Waals surface area contributed by atoms with E-state index in [1.54, 1.807) is 6.07 Å². The van der Waals surface area contributed by atoms with Crippen molar-refractivity contribution in [2.75, 3.05) is 6.61 Å². The van der Waals surface area contributed by atoms with Gasteiger partial charge in [0, 0.05) is 17.0 Å². The van der Waals surface area contributed by atoms with Gasteiger partial charge in [-0.05, 0) is 18.2 Å². The van der Waals surface area contributed by atoms with Crippen LogP contribution in [-0.4, -0.2) is 17.8 Å². The van der Waals surface area contributed by atoms with Gasteiger partial charge in [0.1, 0.15) is 5.75 Å². The maximum absolute atomic E-state index is 9.73. The van der Waals surface area contributed by atoms with E-state index in [0.717, 1.165) is 11.3 Å². The Morgan fingerprint density at radius 3 is 3.07 bits per heavy atom. The van der Waals surface area contributed by atoms with E-state index in [9.17, 15) is 5.11 Å². The molecule has 76 valence electrons. The highest BCUT2D eigenvalue weighted by Gasteiger charge is 2.24. The van der Waals surface area contributed by atoms with Crippen molar-refractivity contribution in [3.63, 3.8) is 0 Å². The summed E-state index contributed by atoms with van der Waals surface area (Å²) in [6.07, 6.45) is 0.206. The summed E-state index contributed by atoms with van der Waals surface area (Å²) >= 11 is 9.33. The maximum atomic E-state index is 9.73. The van der Waals surface area contributed by atoms with Crippen molar-refractivity contribution in [1.82, 2.24) is 0 Å². The fourth-order valence-electron chi connectivity index (χ4n) is 1.51. The van der Waals surface area contributed by atoms with Crippen LogP contribution in [0.15, 0.2) is 18.2 Å². The number of alkyl halides is 1. The summed E-state index contributed by atoms with van der Waals surface area (Å²) in [5.41, 5.74) is 0.919. The summed E-state index contributed by atoms with van der Waals surface area (Å²) in [6.45, 7) is 0.540. The van der Waals surface area contributed by atoms with Gasteiger partial charge in [0.2, 0.25) is 0 Å². The Balaban J connectivity index is 2.44. The number of rotatable bonds is 0. The Morgan fingerprint density at radius 1 is 1.50 bits per heavy atom. The van der Waals surface area contributed by atoms with E-state index in [1.165, 1.54) is 0 Å². The van der Waals surface area contributed by atoms with E-state index in [0.29, 0.717) is 18.1 Å². The zero-order valence-corrected chi connectivity index (χ0v) is 9.75. The monoisotopic (exact) mass is 276 g/mol. The fraction of sp³-hybridized carbons (Fsp3) is 0.400. The Morgan fingerprint density at radius 2 is 2.29 bits per heavy atom. The molecule has 4 heteroatoms. The summed E-state index contributed by atoms with van der Waals surface area (Å²) in [7, 11) is 0. The molecule has 2 nitrogen and oxygen atoms in total. The molecule has 1 aliphatic rings. The van der Waals surface area contributed by atoms with Gasteiger partial charge in [-0.25, -0.2) is 0 Å². The first-order valence-corrected chi connectivity index (χ1v) is 5.72. The molecule has 1 aromatic carbocycles. The van der Waals surface area contributed by atoms with Crippen molar-refractivity contribution < 1.29 is 9.84 Å². The molecule has 0 bridgehead atoms. The number of aliphatic hydroxyl groups excluding tert-OH is 1. The van der Waals surface area contributed by atoms with Crippen LogP contribution < -0.4 is 4.74 Å². The van der Waals surface area contributed by atoms with Crippen molar-refractivity contribution >= 4 is 27.5 Å². The van der Waals surface area contributed by atoms with Gasteiger partial charge < -0.3 is 9.84 Å². The van der Waals surface area contributed by atoms with Crippen molar-refractivity contribution in [3.05, 3.63) is 28.8 Å². The molecule has 0 radical (unpaired) electrons. The lowest BCUT2D eigenvalue weighted by atomic mass is 10.1. The molecule has 1 aliphatic heterocycles. The lowest BCUT2D eigenvalue weighted by Gasteiger charge is -2.14. The number of fused-ring (bicyclic) bond motifs is 1. The molecule has 1 N–H and O–H groups in total. The second-order valence-electron chi connectivity index (χ2n) is 3.29. The predicted octanol–water partition coefficient (Wildman–Crippen LogP) is 2.92. The van der Waals surface area contributed by atoms with Gasteiger partial charge in [-0.15, -0.1) is 0 Å². The van der Waals surface area contributed by atoms with E-state index < -0.39 is 6.10 Å². The molecule has 0 saturated carbocycles. The number of ether oxygens (including phenoxy) is 1. The third-order valence-electron chi connectivity index (χ3n) is 2.28. The number of benzene rings is 1. The molecule has 2 rings (SSSR count). The van der Waals surface area contributed by atoms with E-state index in [2.05, 4.69) is 15.9 Å². The van der Waals surface area contributed by atoms with Crippen LogP contribution >= 0.6 is 27.5 Å². The Kier molecular flexibility index (Phi) is 3.00.